The van der Waals surface area contributed by atoms with Crippen LogP contribution >= 0.6 is 0 Å². The van der Waals surface area contributed by atoms with Gasteiger partial charge in [-0.3, -0.25) is 0 Å². The lowest BCUT2D eigenvalue weighted by Crippen LogP contribution is -2.24. The Kier molecular flexibility index (Phi) is 3.95. The van der Waals surface area contributed by atoms with Crippen LogP contribution in [0.15, 0.2) is 35.2 Å². The lowest BCUT2D eigenvalue weighted by atomic mass is 10.3. The molecule has 7 nitrogen and oxygen atoms in total. The molecule has 0 amide bonds. The second-order valence-electron chi connectivity index (χ2n) is 4.80. The molecule has 2 aromatic rings. The molecule has 1 N–H and O–H groups in total. The zero-order valence-electron chi connectivity index (χ0n) is 11.9. The molecule has 0 radical (unpaired) electrons. The van der Waals surface area contributed by atoms with Gasteiger partial charge in [0.25, 0.3) is 0 Å². The number of rotatable bonds is 4. The van der Waals surface area contributed by atoms with Crippen LogP contribution in [0.2, 0.25) is 0 Å². The Hall–Kier alpha value is -2.19. The van der Waals surface area contributed by atoms with Gasteiger partial charge in [0, 0.05) is 6.07 Å². The van der Waals surface area contributed by atoms with Crippen LogP contribution in [-0.2, 0) is 16.6 Å². The molecule has 2 heterocycles. The molecule has 1 aliphatic rings. The summed E-state index contributed by atoms with van der Waals surface area (Å²) >= 11 is 0. The third-order valence-corrected chi connectivity index (χ3v) is 4.52. The number of hydrogen-bond acceptors (Lipinski definition) is 6. The summed E-state index contributed by atoms with van der Waals surface area (Å²) in [5.74, 6) is 0.985. The summed E-state index contributed by atoms with van der Waals surface area (Å²) in [7, 11) is -3.66. The van der Waals surface area contributed by atoms with Crippen molar-refractivity contribution < 1.29 is 17.9 Å². The summed E-state index contributed by atoms with van der Waals surface area (Å²) in [6.45, 7) is 2.76. The van der Waals surface area contributed by atoms with Crippen molar-refractivity contribution in [3.63, 3.8) is 0 Å². The summed E-state index contributed by atoms with van der Waals surface area (Å²) in [4.78, 5) is 0.122. The molecular weight excluding hydrogens is 306 g/mol. The van der Waals surface area contributed by atoms with Crippen LogP contribution in [0.25, 0.3) is 0 Å². The topological polar surface area (TPSA) is 90.4 Å². The second-order valence-corrected chi connectivity index (χ2v) is 6.56. The van der Waals surface area contributed by atoms with Crippen molar-refractivity contribution in [3.05, 3.63) is 41.7 Å². The van der Waals surface area contributed by atoms with E-state index in [9.17, 15) is 8.42 Å². The minimum atomic E-state index is -3.66. The zero-order chi connectivity index (χ0) is 15.6. The van der Waals surface area contributed by atoms with Crippen LogP contribution in [0.1, 0.15) is 11.4 Å². The molecule has 0 bridgehead atoms. The van der Waals surface area contributed by atoms with E-state index in [2.05, 4.69) is 14.9 Å². The number of ether oxygens (including phenoxy) is 2. The molecule has 1 aromatic heterocycles. The summed E-state index contributed by atoms with van der Waals surface area (Å²) in [6, 6.07) is 8.04. The van der Waals surface area contributed by atoms with E-state index in [1.807, 2.05) is 6.92 Å². The quantitative estimate of drug-likeness (QED) is 0.904. The Morgan fingerprint density at radius 3 is 2.59 bits per heavy atom. The molecule has 0 atom stereocenters. The van der Waals surface area contributed by atoms with Crippen molar-refractivity contribution in [2.24, 2.45) is 0 Å². The number of nitrogens with zero attached hydrogens (tertiary/aromatic N) is 2. The molecule has 0 fully saturated rings. The number of fused-ring (bicyclic) bond motifs is 1. The van der Waals surface area contributed by atoms with Gasteiger partial charge in [-0.25, -0.2) is 13.1 Å². The maximum absolute atomic E-state index is 12.3. The van der Waals surface area contributed by atoms with E-state index in [0.29, 0.717) is 30.4 Å². The molecule has 22 heavy (non-hydrogen) atoms. The van der Waals surface area contributed by atoms with E-state index in [4.69, 9.17) is 9.47 Å². The number of hydrogen-bond donors (Lipinski definition) is 1. The van der Waals surface area contributed by atoms with E-state index in [0.717, 1.165) is 5.69 Å². The molecule has 1 aliphatic heterocycles. The van der Waals surface area contributed by atoms with Gasteiger partial charge >= 0.3 is 0 Å². The lowest BCUT2D eigenvalue weighted by Gasteiger charge is -2.18. The average Bonchev–Trinajstić information content (AvgIpc) is 2.54. The SMILES string of the molecule is Cc1ccc(CNS(=O)(=O)c2ccc3c(c2)OCCO3)nn1. The van der Waals surface area contributed by atoms with Gasteiger partial charge in [0.05, 0.1) is 22.8 Å². The van der Waals surface area contributed by atoms with Gasteiger partial charge in [-0.05, 0) is 31.2 Å². The van der Waals surface area contributed by atoms with Crippen LogP contribution in [-0.4, -0.2) is 31.8 Å². The summed E-state index contributed by atoms with van der Waals surface area (Å²) in [5, 5.41) is 7.81. The molecule has 1 aromatic carbocycles. The Bertz CT molecular complexity index is 775. The van der Waals surface area contributed by atoms with Crippen molar-refractivity contribution in [1.29, 1.82) is 0 Å². The van der Waals surface area contributed by atoms with Crippen LogP contribution < -0.4 is 14.2 Å². The standard InChI is InChI=1S/C14H15N3O4S/c1-10-2-3-11(17-16-10)9-15-22(18,19)12-4-5-13-14(8-12)21-7-6-20-13/h2-5,8,15H,6-7,9H2,1H3. The highest BCUT2D eigenvalue weighted by atomic mass is 32.2. The Morgan fingerprint density at radius 1 is 1.09 bits per heavy atom. The molecule has 0 saturated heterocycles. The first kappa shape index (κ1) is 14.7. The van der Waals surface area contributed by atoms with Gasteiger partial charge in [0.15, 0.2) is 11.5 Å². The average molecular weight is 321 g/mol. The maximum atomic E-state index is 12.3. The Balaban J connectivity index is 1.76. The van der Waals surface area contributed by atoms with Crippen molar-refractivity contribution in [2.75, 3.05) is 13.2 Å². The largest absolute Gasteiger partial charge is 0.486 e. The predicted octanol–water partition coefficient (Wildman–Crippen LogP) is 1.03. The maximum Gasteiger partial charge on any atom is 0.241 e. The Morgan fingerprint density at radius 2 is 1.86 bits per heavy atom. The zero-order valence-corrected chi connectivity index (χ0v) is 12.8. The monoisotopic (exact) mass is 321 g/mol. The fourth-order valence-corrected chi connectivity index (χ4v) is 2.98. The molecule has 0 saturated carbocycles. The smallest absolute Gasteiger partial charge is 0.241 e. The first-order valence-electron chi connectivity index (χ1n) is 6.73. The van der Waals surface area contributed by atoms with E-state index < -0.39 is 10.0 Å². The number of benzene rings is 1. The van der Waals surface area contributed by atoms with Gasteiger partial charge in [0.2, 0.25) is 10.0 Å². The van der Waals surface area contributed by atoms with Gasteiger partial charge in [0.1, 0.15) is 13.2 Å². The number of aryl methyl sites for hydroxylation is 1. The normalized spacial score (nSPS) is 13.9. The van der Waals surface area contributed by atoms with Crippen molar-refractivity contribution in [2.45, 2.75) is 18.4 Å². The van der Waals surface area contributed by atoms with Crippen LogP contribution in [0.5, 0.6) is 11.5 Å². The molecule has 0 spiro atoms. The van der Waals surface area contributed by atoms with E-state index in [1.165, 1.54) is 12.1 Å². The summed E-state index contributed by atoms with van der Waals surface area (Å²) in [6.07, 6.45) is 0. The van der Waals surface area contributed by atoms with E-state index in [1.54, 1.807) is 18.2 Å². The highest BCUT2D eigenvalue weighted by Crippen LogP contribution is 2.32. The highest BCUT2D eigenvalue weighted by molar-refractivity contribution is 7.89. The molecule has 116 valence electrons. The number of sulfonamides is 1. The first-order valence-corrected chi connectivity index (χ1v) is 8.21. The van der Waals surface area contributed by atoms with Crippen LogP contribution in [0, 0.1) is 6.92 Å². The van der Waals surface area contributed by atoms with E-state index >= 15 is 0 Å². The minimum absolute atomic E-state index is 0.0735. The van der Waals surface area contributed by atoms with Crippen molar-refractivity contribution >= 4 is 10.0 Å². The van der Waals surface area contributed by atoms with Crippen LogP contribution in [0.3, 0.4) is 0 Å². The predicted molar refractivity (Wildman–Crippen MR) is 78.2 cm³/mol. The summed E-state index contributed by atoms with van der Waals surface area (Å²) in [5.41, 5.74) is 1.32. The molecular formula is C14H15N3O4S. The Labute approximate surface area is 128 Å². The highest BCUT2D eigenvalue weighted by Gasteiger charge is 2.19. The number of aromatic nitrogens is 2. The van der Waals surface area contributed by atoms with Crippen molar-refractivity contribution in [1.82, 2.24) is 14.9 Å². The fourth-order valence-electron chi connectivity index (χ4n) is 1.96. The fraction of sp³-hybridized carbons (Fsp3) is 0.286. The minimum Gasteiger partial charge on any atom is -0.486 e. The van der Waals surface area contributed by atoms with Gasteiger partial charge in [-0.2, -0.15) is 10.2 Å². The van der Waals surface area contributed by atoms with Crippen LogP contribution in [0.4, 0.5) is 0 Å². The molecule has 8 heteroatoms. The number of nitrogens with one attached hydrogen (secondary N) is 1. The van der Waals surface area contributed by atoms with Gasteiger partial charge in [-0.1, -0.05) is 0 Å². The van der Waals surface area contributed by atoms with Gasteiger partial charge in [-0.15, -0.1) is 0 Å². The third kappa shape index (κ3) is 3.18. The van der Waals surface area contributed by atoms with Crippen molar-refractivity contribution in [3.8, 4) is 11.5 Å². The first-order chi connectivity index (χ1) is 10.5. The van der Waals surface area contributed by atoms with Gasteiger partial charge < -0.3 is 9.47 Å². The molecule has 0 unspecified atom stereocenters. The van der Waals surface area contributed by atoms with E-state index in [-0.39, 0.29) is 11.4 Å². The third-order valence-electron chi connectivity index (χ3n) is 3.12. The second kappa shape index (κ2) is 5.90. The lowest BCUT2D eigenvalue weighted by molar-refractivity contribution is 0.171. The summed E-state index contributed by atoms with van der Waals surface area (Å²) < 4.78 is 37.9. The molecule has 3 rings (SSSR count). The molecule has 0 aliphatic carbocycles.